The average molecular weight is 368 g/mol. The summed E-state index contributed by atoms with van der Waals surface area (Å²) in [5.74, 6) is 0.569. The van der Waals surface area contributed by atoms with Crippen molar-refractivity contribution in [3.8, 4) is 0 Å². The molecule has 3 aromatic rings. The number of aryl methyl sites for hydroxylation is 1. The Balaban J connectivity index is 1.69. The van der Waals surface area contributed by atoms with Crippen molar-refractivity contribution in [3.05, 3.63) is 46.3 Å². The van der Waals surface area contributed by atoms with Gasteiger partial charge in [-0.3, -0.25) is 9.20 Å². The Morgan fingerprint density at radius 3 is 2.74 bits per heavy atom. The maximum Gasteiger partial charge on any atom is 0.255 e. The minimum Gasteiger partial charge on any atom is -0.325 e. The molecule has 6 nitrogen and oxygen atoms in total. The summed E-state index contributed by atoms with van der Waals surface area (Å²) < 4.78 is 1.74. The van der Waals surface area contributed by atoms with Gasteiger partial charge in [0.05, 0.1) is 10.8 Å². The van der Waals surface area contributed by atoms with E-state index in [1.807, 2.05) is 13.0 Å². The summed E-state index contributed by atoms with van der Waals surface area (Å²) >= 11 is 13.2. The summed E-state index contributed by atoms with van der Waals surface area (Å²) in [7, 11) is 0. The van der Waals surface area contributed by atoms with E-state index in [0.29, 0.717) is 21.5 Å². The van der Waals surface area contributed by atoms with Crippen molar-refractivity contribution in [1.82, 2.24) is 19.6 Å². The number of thioether (sulfide) groups is 1. The van der Waals surface area contributed by atoms with Crippen LogP contribution in [0.3, 0.4) is 0 Å². The van der Waals surface area contributed by atoms with E-state index in [1.165, 1.54) is 11.8 Å². The Kier molecular flexibility index (Phi) is 4.70. The van der Waals surface area contributed by atoms with Crippen LogP contribution in [-0.2, 0) is 4.79 Å². The fourth-order valence-corrected chi connectivity index (χ4v) is 3.37. The maximum absolute atomic E-state index is 12.1. The standard InChI is InChI=1S/C14H11Cl2N5OS/c1-8-2-13(21-7-17-20-14(21)18-8)23-6-12(22)19-11-4-9(15)3-10(16)5-11/h2-5,7H,6H2,1H3,(H,19,22). The number of nitrogens with zero attached hydrogens (tertiary/aromatic N) is 4. The molecule has 2 heterocycles. The number of hydrogen-bond donors (Lipinski definition) is 1. The Bertz CT molecular complexity index is 862. The van der Waals surface area contributed by atoms with Gasteiger partial charge in [-0.05, 0) is 31.2 Å². The van der Waals surface area contributed by atoms with Crippen molar-refractivity contribution in [2.75, 3.05) is 11.1 Å². The maximum atomic E-state index is 12.1. The van der Waals surface area contributed by atoms with Gasteiger partial charge in [-0.2, -0.15) is 0 Å². The van der Waals surface area contributed by atoms with Crippen LogP contribution in [0, 0.1) is 6.92 Å². The number of anilines is 1. The highest BCUT2D eigenvalue weighted by Crippen LogP contribution is 2.23. The van der Waals surface area contributed by atoms with Gasteiger partial charge in [0.25, 0.3) is 5.78 Å². The number of halogens is 2. The first kappa shape index (κ1) is 16.0. The van der Waals surface area contributed by atoms with E-state index in [1.54, 1.807) is 28.9 Å². The first-order valence-corrected chi connectivity index (χ1v) is 8.31. The number of rotatable bonds is 4. The van der Waals surface area contributed by atoms with Crippen LogP contribution in [0.1, 0.15) is 5.69 Å². The Morgan fingerprint density at radius 2 is 2.00 bits per heavy atom. The second kappa shape index (κ2) is 6.74. The van der Waals surface area contributed by atoms with Crippen LogP contribution < -0.4 is 5.32 Å². The second-order valence-corrected chi connectivity index (χ2v) is 6.60. The van der Waals surface area contributed by atoms with Crippen molar-refractivity contribution in [3.63, 3.8) is 0 Å². The van der Waals surface area contributed by atoms with Gasteiger partial charge >= 0.3 is 0 Å². The first-order valence-electron chi connectivity index (χ1n) is 6.57. The number of fused-ring (bicyclic) bond motifs is 1. The molecule has 1 aromatic carbocycles. The average Bonchev–Trinajstić information content (AvgIpc) is 2.91. The highest BCUT2D eigenvalue weighted by atomic mass is 35.5. The van der Waals surface area contributed by atoms with E-state index in [2.05, 4.69) is 20.5 Å². The van der Waals surface area contributed by atoms with E-state index in [4.69, 9.17) is 23.2 Å². The van der Waals surface area contributed by atoms with Gasteiger partial charge in [-0.15, -0.1) is 10.2 Å². The summed E-state index contributed by atoms with van der Waals surface area (Å²) in [5.41, 5.74) is 1.38. The first-order chi connectivity index (χ1) is 11.0. The Labute approximate surface area is 146 Å². The lowest BCUT2D eigenvalue weighted by Gasteiger charge is -2.07. The lowest BCUT2D eigenvalue weighted by Crippen LogP contribution is -2.14. The Hall–Kier alpha value is -1.83. The van der Waals surface area contributed by atoms with Crippen LogP contribution in [-0.4, -0.2) is 31.2 Å². The molecule has 118 valence electrons. The molecule has 1 N–H and O–H groups in total. The Morgan fingerprint density at radius 1 is 1.26 bits per heavy atom. The van der Waals surface area contributed by atoms with E-state index >= 15 is 0 Å². The molecule has 1 amide bonds. The molecule has 0 bridgehead atoms. The van der Waals surface area contributed by atoms with Crippen molar-refractivity contribution < 1.29 is 4.79 Å². The number of carbonyl (C=O) groups excluding carboxylic acids is 1. The van der Waals surface area contributed by atoms with Crippen LogP contribution >= 0.6 is 35.0 Å². The second-order valence-electron chi connectivity index (χ2n) is 4.73. The van der Waals surface area contributed by atoms with Crippen LogP contribution in [0.5, 0.6) is 0 Å². The van der Waals surface area contributed by atoms with Crippen LogP contribution in [0.4, 0.5) is 5.69 Å². The fourth-order valence-electron chi connectivity index (χ4n) is 1.97. The predicted molar refractivity (Wildman–Crippen MR) is 91.3 cm³/mol. The molecule has 0 aliphatic rings. The van der Waals surface area contributed by atoms with E-state index in [9.17, 15) is 4.79 Å². The minimum absolute atomic E-state index is 0.163. The molecule has 0 saturated carbocycles. The molecule has 0 fully saturated rings. The van der Waals surface area contributed by atoms with Crippen molar-refractivity contribution >= 4 is 52.3 Å². The summed E-state index contributed by atoms with van der Waals surface area (Å²) in [5, 5.41) is 12.3. The van der Waals surface area contributed by atoms with Gasteiger partial charge in [0, 0.05) is 21.4 Å². The molecule has 0 aliphatic carbocycles. The minimum atomic E-state index is -0.163. The van der Waals surface area contributed by atoms with Gasteiger partial charge in [-0.25, -0.2) is 4.98 Å². The van der Waals surface area contributed by atoms with Crippen molar-refractivity contribution in [2.24, 2.45) is 0 Å². The van der Waals surface area contributed by atoms with E-state index in [0.717, 1.165) is 10.7 Å². The quantitative estimate of drug-likeness (QED) is 0.564. The fraction of sp³-hybridized carbons (Fsp3) is 0.143. The molecule has 0 saturated heterocycles. The molecular weight excluding hydrogens is 357 g/mol. The topological polar surface area (TPSA) is 72.2 Å². The normalized spacial score (nSPS) is 10.9. The predicted octanol–water partition coefficient (Wildman–Crippen LogP) is 3.47. The van der Waals surface area contributed by atoms with Crippen LogP contribution in [0.25, 0.3) is 5.78 Å². The molecule has 0 aliphatic heterocycles. The van der Waals surface area contributed by atoms with E-state index < -0.39 is 0 Å². The molecule has 0 radical (unpaired) electrons. The lowest BCUT2D eigenvalue weighted by molar-refractivity contribution is -0.113. The van der Waals surface area contributed by atoms with Gasteiger partial charge in [0.1, 0.15) is 6.33 Å². The third-order valence-corrected chi connectivity index (χ3v) is 4.33. The smallest absolute Gasteiger partial charge is 0.255 e. The molecule has 23 heavy (non-hydrogen) atoms. The highest BCUT2D eigenvalue weighted by molar-refractivity contribution is 7.99. The zero-order chi connectivity index (χ0) is 16.4. The van der Waals surface area contributed by atoms with Gasteiger partial charge < -0.3 is 5.32 Å². The SMILES string of the molecule is Cc1cc(SCC(=O)Nc2cc(Cl)cc(Cl)c2)n2cnnc2n1. The summed E-state index contributed by atoms with van der Waals surface area (Å²) in [4.78, 5) is 16.4. The molecule has 3 rings (SSSR count). The van der Waals surface area contributed by atoms with Crippen molar-refractivity contribution in [1.29, 1.82) is 0 Å². The summed E-state index contributed by atoms with van der Waals surface area (Å²) in [6, 6.07) is 6.77. The molecular formula is C14H11Cl2N5OS. The monoisotopic (exact) mass is 367 g/mol. The third-order valence-electron chi connectivity index (χ3n) is 2.87. The zero-order valence-corrected chi connectivity index (χ0v) is 14.3. The number of nitrogens with one attached hydrogen (secondary N) is 1. The number of aromatic nitrogens is 4. The third kappa shape index (κ3) is 3.93. The number of hydrogen-bond acceptors (Lipinski definition) is 5. The molecule has 0 unspecified atom stereocenters. The van der Waals surface area contributed by atoms with Gasteiger partial charge in [0.15, 0.2) is 0 Å². The molecule has 0 spiro atoms. The molecule has 0 atom stereocenters. The number of amides is 1. The van der Waals surface area contributed by atoms with Crippen LogP contribution in [0.15, 0.2) is 35.6 Å². The van der Waals surface area contributed by atoms with Gasteiger partial charge in [0.2, 0.25) is 5.91 Å². The number of benzene rings is 1. The number of carbonyl (C=O) groups is 1. The molecule has 2 aromatic heterocycles. The summed E-state index contributed by atoms with van der Waals surface area (Å²) in [6.07, 6.45) is 1.57. The molecule has 9 heteroatoms. The van der Waals surface area contributed by atoms with Gasteiger partial charge in [-0.1, -0.05) is 35.0 Å². The summed E-state index contributed by atoms with van der Waals surface area (Å²) in [6.45, 7) is 1.87. The largest absolute Gasteiger partial charge is 0.325 e. The highest BCUT2D eigenvalue weighted by Gasteiger charge is 2.09. The van der Waals surface area contributed by atoms with Crippen LogP contribution in [0.2, 0.25) is 10.0 Å². The lowest BCUT2D eigenvalue weighted by atomic mass is 10.3. The van der Waals surface area contributed by atoms with Crippen molar-refractivity contribution in [2.45, 2.75) is 11.9 Å². The zero-order valence-electron chi connectivity index (χ0n) is 12.0. The van der Waals surface area contributed by atoms with E-state index in [-0.39, 0.29) is 11.7 Å².